The van der Waals surface area contributed by atoms with Crippen molar-refractivity contribution < 1.29 is 9.53 Å². The molecule has 0 saturated carbocycles. The highest BCUT2D eigenvalue weighted by Crippen LogP contribution is 2.12. The Morgan fingerprint density at radius 2 is 2.00 bits per heavy atom. The minimum atomic E-state index is -0.222. The van der Waals surface area contributed by atoms with E-state index in [1.165, 1.54) is 0 Å². The number of ether oxygens (including phenoxy) is 1. The molecular formula is C18H29N3O2. The zero-order valence-corrected chi connectivity index (χ0v) is 14.3. The third-order valence-corrected chi connectivity index (χ3v) is 4.26. The van der Waals surface area contributed by atoms with E-state index in [1.54, 1.807) is 0 Å². The monoisotopic (exact) mass is 319 g/mol. The number of para-hydroxylation sites is 1. The normalized spacial score (nSPS) is 16.4. The molecular weight excluding hydrogens is 290 g/mol. The minimum absolute atomic E-state index is 0.182. The first-order valence-corrected chi connectivity index (χ1v) is 8.60. The number of rotatable bonds is 8. The van der Waals surface area contributed by atoms with Gasteiger partial charge in [-0.05, 0) is 32.1 Å². The molecule has 1 amide bonds. The molecule has 1 aliphatic rings. The summed E-state index contributed by atoms with van der Waals surface area (Å²) in [4.78, 5) is 17.0. The first-order chi connectivity index (χ1) is 11.2. The van der Waals surface area contributed by atoms with Crippen LogP contribution in [0.15, 0.2) is 30.3 Å². The lowest BCUT2D eigenvalue weighted by molar-refractivity contribution is -0.138. The Hall–Kier alpha value is -1.59. The summed E-state index contributed by atoms with van der Waals surface area (Å²) < 4.78 is 5.88. The minimum Gasteiger partial charge on any atom is -0.491 e. The third kappa shape index (κ3) is 5.52. The number of likely N-dealkylation sites (N-methyl/N-ethyl adjacent to an activating group) is 1. The van der Waals surface area contributed by atoms with E-state index in [9.17, 15) is 4.79 Å². The maximum Gasteiger partial charge on any atom is 0.243 e. The number of nitrogens with zero attached hydrogens (tertiary/aromatic N) is 2. The molecule has 0 spiro atoms. The largest absolute Gasteiger partial charge is 0.491 e. The fourth-order valence-corrected chi connectivity index (χ4v) is 2.74. The summed E-state index contributed by atoms with van der Waals surface area (Å²) in [6.07, 6.45) is 2.21. The molecule has 5 nitrogen and oxygen atoms in total. The molecule has 1 fully saturated rings. The van der Waals surface area contributed by atoms with Gasteiger partial charge < -0.3 is 15.0 Å². The second kappa shape index (κ2) is 9.53. The Kier molecular flexibility index (Phi) is 7.36. The van der Waals surface area contributed by atoms with Crippen LogP contribution in [0.5, 0.6) is 5.75 Å². The van der Waals surface area contributed by atoms with Gasteiger partial charge in [-0.3, -0.25) is 9.69 Å². The molecule has 2 rings (SSSR count). The third-order valence-electron chi connectivity index (χ3n) is 4.26. The van der Waals surface area contributed by atoms with Crippen LogP contribution in [-0.2, 0) is 4.79 Å². The molecule has 1 saturated heterocycles. The first kappa shape index (κ1) is 17.8. The maximum atomic E-state index is 12.9. The van der Waals surface area contributed by atoms with Gasteiger partial charge in [0.15, 0.2) is 0 Å². The van der Waals surface area contributed by atoms with Crippen LogP contribution in [0.4, 0.5) is 0 Å². The number of unbranched alkanes of at least 4 members (excludes halogenated alkanes) is 1. The Balaban J connectivity index is 1.99. The highest BCUT2D eigenvalue weighted by Gasteiger charge is 2.29. The molecule has 1 aromatic rings. The van der Waals surface area contributed by atoms with E-state index in [1.807, 2.05) is 42.3 Å². The van der Waals surface area contributed by atoms with Crippen molar-refractivity contribution in [3.05, 3.63) is 30.3 Å². The predicted molar refractivity (Wildman–Crippen MR) is 92.7 cm³/mol. The van der Waals surface area contributed by atoms with Gasteiger partial charge in [0.05, 0.1) is 0 Å². The van der Waals surface area contributed by atoms with Crippen LogP contribution in [0, 0.1) is 0 Å². The summed E-state index contributed by atoms with van der Waals surface area (Å²) in [5, 5.41) is 3.29. The van der Waals surface area contributed by atoms with Crippen LogP contribution in [0.25, 0.3) is 0 Å². The van der Waals surface area contributed by atoms with Crippen LogP contribution >= 0.6 is 0 Å². The van der Waals surface area contributed by atoms with Crippen LogP contribution in [0.3, 0.4) is 0 Å². The number of benzene rings is 1. The van der Waals surface area contributed by atoms with Crippen molar-refractivity contribution in [1.29, 1.82) is 0 Å². The molecule has 0 radical (unpaired) electrons. The quantitative estimate of drug-likeness (QED) is 0.790. The average molecular weight is 319 g/mol. The summed E-state index contributed by atoms with van der Waals surface area (Å²) in [7, 11) is 2.02. The topological polar surface area (TPSA) is 44.8 Å². The number of amides is 1. The molecule has 23 heavy (non-hydrogen) atoms. The number of carbonyl (C=O) groups is 1. The van der Waals surface area contributed by atoms with Crippen LogP contribution in [0.2, 0.25) is 0 Å². The Morgan fingerprint density at radius 1 is 1.30 bits per heavy atom. The molecule has 0 aromatic heterocycles. The molecule has 1 atom stereocenters. The van der Waals surface area contributed by atoms with Crippen molar-refractivity contribution in [2.75, 3.05) is 46.4 Å². The summed E-state index contributed by atoms with van der Waals surface area (Å²) in [6, 6.07) is 9.49. The van der Waals surface area contributed by atoms with Gasteiger partial charge in [-0.2, -0.15) is 0 Å². The fourth-order valence-electron chi connectivity index (χ4n) is 2.74. The van der Waals surface area contributed by atoms with E-state index in [2.05, 4.69) is 17.1 Å². The molecule has 1 aliphatic heterocycles. The van der Waals surface area contributed by atoms with Crippen LogP contribution < -0.4 is 10.1 Å². The van der Waals surface area contributed by atoms with Crippen molar-refractivity contribution >= 4 is 5.91 Å². The van der Waals surface area contributed by atoms with Gasteiger partial charge >= 0.3 is 0 Å². The number of hydrogen-bond acceptors (Lipinski definition) is 4. The molecule has 1 unspecified atom stereocenters. The number of nitrogens with one attached hydrogen (secondary N) is 1. The Bertz CT molecular complexity index is 461. The fraction of sp³-hybridized carbons (Fsp3) is 0.611. The Morgan fingerprint density at radius 3 is 2.65 bits per heavy atom. The van der Waals surface area contributed by atoms with Gasteiger partial charge in [0.1, 0.15) is 18.4 Å². The van der Waals surface area contributed by atoms with E-state index >= 15 is 0 Å². The first-order valence-electron chi connectivity index (χ1n) is 8.60. The summed E-state index contributed by atoms with van der Waals surface area (Å²) in [5.74, 6) is 0.996. The summed E-state index contributed by atoms with van der Waals surface area (Å²) in [6.45, 7) is 6.78. The van der Waals surface area contributed by atoms with Crippen LogP contribution in [0.1, 0.15) is 19.8 Å². The molecule has 0 aliphatic carbocycles. The average Bonchev–Trinajstić information content (AvgIpc) is 2.61. The van der Waals surface area contributed by atoms with E-state index in [4.69, 9.17) is 4.74 Å². The molecule has 1 heterocycles. The smallest absolute Gasteiger partial charge is 0.243 e. The summed E-state index contributed by atoms with van der Waals surface area (Å²) >= 11 is 0. The van der Waals surface area contributed by atoms with Gasteiger partial charge in [0, 0.05) is 26.2 Å². The molecule has 5 heteroatoms. The van der Waals surface area contributed by atoms with Crippen molar-refractivity contribution in [3.63, 3.8) is 0 Å². The van der Waals surface area contributed by atoms with Crippen LogP contribution in [-0.4, -0.2) is 68.1 Å². The Labute approximate surface area is 139 Å². The molecule has 128 valence electrons. The lowest BCUT2D eigenvalue weighted by Gasteiger charge is -2.34. The number of piperazine rings is 1. The van der Waals surface area contributed by atoms with E-state index in [0.29, 0.717) is 6.61 Å². The second-order valence-corrected chi connectivity index (χ2v) is 6.05. The molecule has 1 aromatic carbocycles. The van der Waals surface area contributed by atoms with Crippen molar-refractivity contribution in [1.82, 2.24) is 15.1 Å². The lowest BCUT2D eigenvalue weighted by Crippen LogP contribution is -2.55. The zero-order valence-electron chi connectivity index (χ0n) is 14.3. The van der Waals surface area contributed by atoms with Crippen molar-refractivity contribution in [3.8, 4) is 5.75 Å². The number of hydrogen-bond donors (Lipinski definition) is 1. The van der Waals surface area contributed by atoms with Gasteiger partial charge in [0.25, 0.3) is 0 Å². The van der Waals surface area contributed by atoms with E-state index in [-0.39, 0.29) is 11.9 Å². The van der Waals surface area contributed by atoms with Gasteiger partial charge in [0.2, 0.25) is 5.91 Å². The maximum absolute atomic E-state index is 12.9. The van der Waals surface area contributed by atoms with Gasteiger partial charge in [-0.25, -0.2) is 0 Å². The zero-order chi connectivity index (χ0) is 16.5. The van der Waals surface area contributed by atoms with Crippen molar-refractivity contribution in [2.45, 2.75) is 25.8 Å². The lowest BCUT2D eigenvalue weighted by atomic mass is 10.2. The van der Waals surface area contributed by atoms with Gasteiger partial charge in [-0.1, -0.05) is 31.5 Å². The predicted octanol–water partition coefficient (Wildman–Crippen LogP) is 1.60. The highest BCUT2D eigenvalue weighted by molar-refractivity contribution is 5.82. The molecule has 0 bridgehead atoms. The van der Waals surface area contributed by atoms with Gasteiger partial charge in [-0.15, -0.1) is 0 Å². The van der Waals surface area contributed by atoms with E-state index < -0.39 is 0 Å². The van der Waals surface area contributed by atoms with Crippen molar-refractivity contribution in [2.24, 2.45) is 0 Å². The SMILES string of the molecule is CCCCN(C)C(COc1ccccc1)C(=O)N1CCNCC1. The van der Waals surface area contributed by atoms with E-state index in [0.717, 1.165) is 51.3 Å². The highest BCUT2D eigenvalue weighted by atomic mass is 16.5. The molecule has 1 N–H and O–H groups in total. The number of carbonyl (C=O) groups excluding carboxylic acids is 1. The summed E-state index contributed by atoms with van der Waals surface area (Å²) in [5.41, 5.74) is 0. The second-order valence-electron chi connectivity index (χ2n) is 6.05. The standard InChI is InChI=1S/C18H29N3O2/c1-3-4-12-20(2)17(15-23-16-8-6-5-7-9-16)18(22)21-13-10-19-11-14-21/h5-9,17,19H,3-4,10-15H2,1-2H3.